The number of nitrogens with zero attached hydrogens (tertiary/aromatic N) is 4. The lowest BCUT2D eigenvalue weighted by Crippen LogP contribution is -2.18. The zero-order chi connectivity index (χ0) is 32.8. The van der Waals surface area contributed by atoms with Crippen molar-refractivity contribution in [3.63, 3.8) is 0 Å². The van der Waals surface area contributed by atoms with Crippen LogP contribution in [0.3, 0.4) is 0 Å². The summed E-state index contributed by atoms with van der Waals surface area (Å²) in [6.07, 6.45) is 3.55. The van der Waals surface area contributed by atoms with Crippen molar-refractivity contribution in [3.05, 3.63) is 158 Å². The summed E-state index contributed by atoms with van der Waals surface area (Å²) in [5.74, 6) is 3.23. The van der Waals surface area contributed by atoms with Crippen LogP contribution in [0.1, 0.15) is 0 Å². The second-order valence-electron chi connectivity index (χ2n) is 12.6. The molecule has 11 rings (SSSR count). The standard InChI is InChI=1S/C44H26N4O2/c1-5-16-38-34(12-1)47(35-13-2-6-17-39(35)49-38)28-24-27(30-20-21-33-42-31(30)10-9-11-32(42)43-44(33)46-23-22-45-43)25-29(26-28)48-36-14-3-7-18-40(36)50-41-19-8-4-15-37(41)48/h1-26H. The first-order valence-electron chi connectivity index (χ1n) is 16.7. The van der Waals surface area contributed by atoms with Crippen LogP contribution in [0.15, 0.2) is 158 Å². The van der Waals surface area contributed by atoms with Gasteiger partial charge in [0.15, 0.2) is 23.0 Å². The Bertz CT molecular complexity index is 2470. The SMILES string of the molecule is c1ccc2c(c1)Oc1ccccc1N2c1cc(-c2ccc3c4c(cccc24)-c2nccnc2-3)cc(N2c3ccccc3Oc3ccccc32)c1. The van der Waals surface area contributed by atoms with E-state index in [2.05, 4.69) is 107 Å². The molecule has 0 N–H and O–H groups in total. The highest BCUT2D eigenvalue weighted by Gasteiger charge is 2.31. The maximum atomic E-state index is 6.42. The molecule has 1 aliphatic carbocycles. The van der Waals surface area contributed by atoms with E-state index < -0.39 is 0 Å². The second kappa shape index (κ2) is 10.3. The number of aromatic nitrogens is 2. The van der Waals surface area contributed by atoms with E-state index in [0.717, 1.165) is 96.2 Å². The summed E-state index contributed by atoms with van der Waals surface area (Å²) in [4.78, 5) is 14.1. The van der Waals surface area contributed by atoms with Crippen LogP contribution in [0.2, 0.25) is 0 Å². The van der Waals surface area contributed by atoms with E-state index in [-0.39, 0.29) is 0 Å². The van der Waals surface area contributed by atoms with Crippen LogP contribution in [0.25, 0.3) is 44.4 Å². The molecule has 0 spiro atoms. The van der Waals surface area contributed by atoms with E-state index >= 15 is 0 Å². The van der Waals surface area contributed by atoms with Gasteiger partial charge in [0.1, 0.15) is 0 Å². The van der Waals surface area contributed by atoms with Crippen LogP contribution in [0, 0.1) is 0 Å². The van der Waals surface area contributed by atoms with Gasteiger partial charge in [-0.05, 0) is 83.2 Å². The van der Waals surface area contributed by atoms with Crippen molar-refractivity contribution >= 4 is 44.9 Å². The lowest BCUT2D eigenvalue weighted by Gasteiger charge is -2.36. The third-order valence-corrected chi connectivity index (χ3v) is 9.84. The first-order valence-corrected chi connectivity index (χ1v) is 16.7. The van der Waals surface area contributed by atoms with E-state index in [9.17, 15) is 0 Å². The molecule has 0 amide bonds. The van der Waals surface area contributed by atoms with E-state index in [4.69, 9.17) is 19.4 Å². The molecule has 0 atom stereocenters. The molecule has 0 saturated heterocycles. The topological polar surface area (TPSA) is 50.7 Å². The Balaban J connectivity index is 1.21. The molecule has 3 heterocycles. The number of hydrogen-bond acceptors (Lipinski definition) is 6. The van der Waals surface area contributed by atoms with Crippen molar-refractivity contribution in [1.29, 1.82) is 0 Å². The quantitative estimate of drug-likeness (QED) is 0.191. The predicted molar refractivity (Wildman–Crippen MR) is 199 cm³/mol. The Morgan fingerprint density at radius 2 is 0.840 bits per heavy atom. The minimum absolute atomic E-state index is 0.809. The Morgan fingerprint density at radius 1 is 0.400 bits per heavy atom. The van der Waals surface area contributed by atoms with Crippen LogP contribution < -0.4 is 19.3 Å². The summed E-state index contributed by atoms with van der Waals surface area (Å²) in [5, 5.41) is 2.34. The molecule has 7 aromatic carbocycles. The maximum Gasteiger partial charge on any atom is 0.151 e. The zero-order valence-electron chi connectivity index (χ0n) is 26.6. The highest BCUT2D eigenvalue weighted by atomic mass is 16.5. The van der Waals surface area contributed by atoms with Crippen LogP contribution in [-0.2, 0) is 0 Å². The summed E-state index contributed by atoms with van der Waals surface area (Å²) in [6.45, 7) is 0. The average Bonchev–Trinajstić information content (AvgIpc) is 3.50. The van der Waals surface area contributed by atoms with Crippen molar-refractivity contribution in [3.8, 4) is 56.6 Å². The Morgan fingerprint density at radius 3 is 1.34 bits per heavy atom. The molecule has 2 aliphatic heterocycles. The van der Waals surface area contributed by atoms with Gasteiger partial charge in [-0.2, -0.15) is 0 Å². The van der Waals surface area contributed by atoms with E-state index in [1.807, 2.05) is 48.5 Å². The number of ether oxygens (including phenoxy) is 2. The van der Waals surface area contributed by atoms with Gasteiger partial charge in [-0.3, -0.25) is 9.97 Å². The smallest absolute Gasteiger partial charge is 0.151 e. The molecule has 0 unspecified atom stereocenters. The highest BCUT2D eigenvalue weighted by Crippen LogP contribution is 2.55. The summed E-state index contributed by atoms with van der Waals surface area (Å²) >= 11 is 0. The zero-order valence-corrected chi connectivity index (χ0v) is 26.6. The first-order chi connectivity index (χ1) is 24.8. The van der Waals surface area contributed by atoms with Gasteiger partial charge in [-0.15, -0.1) is 0 Å². The van der Waals surface area contributed by atoms with E-state index in [1.165, 1.54) is 5.39 Å². The lowest BCUT2D eigenvalue weighted by molar-refractivity contribution is 0.477. The fourth-order valence-corrected chi connectivity index (χ4v) is 7.76. The first kappa shape index (κ1) is 27.1. The molecular formula is C44H26N4O2. The number of rotatable bonds is 3. The van der Waals surface area contributed by atoms with Gasteiger partial charge in [0.2, 0.25) is 0 Å². The number of fused-ring (bicyclic) bond motifs is 7. The minimum atomic E-state index is 0.809. The van der Waals surface area contributed by atoms with Crippen molar-refractivity contribution in [2.45, 2.75) is 0 Å². The van der Waals surface area contributed by atoms with Gasteiger partial charge in [0.25, 0.3) is 0 Å². The van der Waals surface area contributed by atoms with Gasteiger partial charge in [0.05, 0.1) is 34.1 Å². The molecule has 50 heavy (non-hydrogen) atoms. The summed E-state index contributed by atoms with van der Waals surface area (Å²) in [6, 6.07) is 50.7. The molecule has 8 aromatic rings. The van der Waals surface area contributed by atoms with Gasteiger partial charge in [0, 0.05) is 40.3 Å². The predicted octanol–water partition coefficient (Wildman–Crippen LogP) is 12.1. The summed E-state index contributed by atoms with van der Waals surface area (Å²) in [5.41, 5.74) is 12.2. The third-order valence-electron chi connectivity index (χ3n) is 9.84. The largest absolute Gasteiger partial charge is 0.453 e. The molecule has 0 saturated carbocycles. The molecule has 1 aromatic heterocycles. The normalized spacial score (nSPS) is 13.0. The number of hydrogen-bond donors (Lipinski definition) is 0. The molecule has 234 valence electrons. The fraction of sp³-hybridized carbons (Fsp3) is 0. The van der Waals surface area contributed by atoms with E-state index in [1.54, 1.807) is 12.4 Å². The molecule has 6 heteroatoms. The van der Waals surface area contributed by atoms with Gasteiger partial charge < -0.3 is 19.3 Å². The second-order valence-corrected chi connectivity index (χ2v) is 12.6. The van der Waals surface area contributed by atoms with Gasteiger partial charge in [-0.1, -0.05) is 78.9 Å². The lowest BCUT2D eigenvalue weighted by atomic mass is 9.93. The van der Waals surface area contributed by atoms with Crippen molar-refractivity contribution in [2.24, 2.45) is 0 Å². The fourth-order valence-electron chi connectivity index (χ4n) is 7.76. The Hall–Kier alpha value is -6.92. The maximum absolute atomic E-state index is 6.42. The van der Waals surface area contributed by atoms with Crippen LogP contribution in [0.5, 0.6) is 23.0 Å². The van der Waals surface area contributed by atoms with Crippen LogP contribution in [-0.4, -0.2) is 9.97 Å². The summed E-state index contributed by atoms with van der Waals surface area (Å²) < 4.78 is 12.8. The number of benzene rings is 7. The highest BCUT2D eigenvalue weighted by molar-refractivity contribution is 6.17. The molecular weight excluding hydrogens is 617 g/mol. The molecule has 0 bridgehead atoms. The van der Waals surface area contributed by atoms with Gasteiger partial charge in [-0.25, -0.2) is 0 Å². The molecule has 3 aliphatic rings. The van der Waals surface area contributed by atoms with Crippen molar-refractivity contribution in [1.82, 2.24) is 9.97 Å². The van der Waals surface area contributed by atoms with Gasteiger partial charge >= 0.3 is 0 Å². The molecule has 6 nitrogen and oxygen atoms in total. The summed E-state index contributed by atoms with van der Waals surface area (Å²) in [7, 11) is 0. The third kappa shape index (κ3) is 3.84. The Kier molecular flexibility index (Phi) is 5.57. The monoisotopic (exact) mass is 642 g/mol. The number of anilines is 6. The van der Waals surface area contributed by atoms with E-state index in [0.29, 0.717) is 0 Å². The minimum Gasteiger partial charge on any atom is -0.453 e. The Labute approximate surface area is 288 Å². The number of para-hydroxylation sites is 8. The van der Waals surface area contributed by atoms with Crippen LogP contribution >= 0.6 is 0 Å². The molecule has 0 radical (unpaired) electrons. The average molecular weight is 643 g/mol. The van der Waals surface area contributed by atoms with Crippen molar-refractivity contribution in [2.75, 3.05) is 9.80 Å². The van der Waals surface area contributed by atoms with Crippen LogP contribution in [0.4, 0.5) is 34.1 Å². The molecule has 0 fully saturated rings. The van der Waals surface area contributed by atoms with Crippen molar-refractivity contribution < 1.29 is 9.47 Å².